The quantitative estimate of drug-likeness (QED) is 0.771. The third-order valence-corrected chi connectivity index (χ3v) is 5.60. The van der Waals surface area contributed by atoms with Crippen molar-refractivity contribution in [1.29, 1.82) is 0 Å². The summed E-state index contributed by atoms with van der Waals surface area (Å²) in [5.41, 5.74) is 0.943. The molecular weight excluding hydrogens is 378 g/mol. The topological polar surface area (TPSA) is 35.5 Å². The maximum Gasteiger partial charge on any atom is 0.140 e. The van der Waals surface area contributed by atoms with Gasteiger partial charge in [0.1, 0.15) is 10.8 Å². The van der Waals surface area contributed by atoms with Gasteiger partial charge >= 0.3 is 0 Å². The molecule has 2 N–H and O–H groups in total. The van der Waals surface area contributed by atoms with Gasteiger partial charge in [-0.1, -0.05) is 42.1 Å². The molecule has 0 spiro atoms. The van der Waals surface area contributed by atoms with Crippen molar-refractivity contribution < 1.29 is 5.11 Å². The molecule has 1 aromatic rings. The van der Waals surface area contributed by atoms with Crippen LogP contribution in [-0.4, -0.2) is 36.2 Å². The van der Waals surface area contributed by atoms with E-state index in [0.717, 1.165) is 31.7 Å². The molecule has 1 saturated carbocycles. The molecule has 1 aliphatic heterocycles. The van der Waals surface area contributed by atoms with Gasteiger partial charge in [0.15, 0.2) is 0 Å². The summed E-state index contributed by atoms with van der Waals surface area (Å²) in [5, 5.41) is 14.6. The number of nitrogens with one attached hydrogen (secondary N) is 1. The zero-order chi connectivity index (χ0) is 14.8. The molecule has 1 heterocycles. The zero-order valence-corrected chi connectivity index (χ0v) is 16.1. The number of rotatable bonds is 3. The van der Waals surface area contributed by atoms with Gasteiger partial charge in [-0.15, -0.1) is 24.8 Å². The summed E-state index contributed by atoms with van der Waals surface area (Å²) >= 11 is 12.2. The molecule has 0 unspecified atom stereocenters. The monoisotopic (exact) mass is 400 g/mol. The van der Waals surface area contributed by atoms with E-state index in [1.165, 1.54) is 25.7 Å². The standard InChI is InChI=1S/C16H22Cl2N2O.2ClH/c17-13-6-5-12(16(21)14(13)18)15(11-3-1-2-4-11)20-9-7-19-8-10-20;;/h5-6,11,15,19,21H,1-4,7-10H2;2*1H/t15-;;/m0../s1. The molecule has 0 amide bonds. The summed E-state index contributed by atoms with van der Waals surface area (Å²) in [6.07, 6.45) is 5.03. The molecule has 1 aromatic carbocycles. The number of piperazine rings is 1. The van der Waals surface area contributed by atoms with Gasteiger partial charge in [0.2, 0.25) is 0 Å². The Morgan fingerprint density at radius 3 is 2.30 bits per heavy atom. The second-order valence-electron chi connectivity index (χ2n) is 6.07. The van der Waals surface area contributed by atoms with Crippen LogP contribution in [0.1, 0.15) is 37.3 Å². The summed E-state index contributed by atoms with van der Waals surface area (Å²) in [6, 6.07) is 4.02. The minimum Gasteiger partial charge on any atom is -0.506 e. The average Bonchev–Trinajstić information content (AvgIpc) is 3.03. The second-order valence-corrected chi connectivity index (χ2v) is 6.86. The molecule has 2 fully saturated rings. The van der Waals surface area contributed by atoms with Crippen LogP contribution < -0.4 is 5.32 Å². The van der Waals surface area contributed by atoms with E-state index >= 15 is 0 Å². The third-order valence-electron chi connectivity index (χ3n) is 4.81. The number of halogens is 4. The van der Waals surface area contributed by atoms with E-state index in [9.17, 15) is 5.11 Å². The molecule has 3 rings (SSSR count). The van der Waals surface area contributed by atoms with E-state index < -0.39 is 0 Å². The first kappa shape index (κ1) is 21.1. The van der Waals surface area contributed by atoms with Gasteiger partial charge in [-0.3, -0.25) is 4.90 Å². The van der Waals surface area contributed by atoms with E-state index in [1.54, 1.807) is 0 Å². The predicted molar refractivity (Wildman–Crippen MR) is 102 cm³/mol. The number of aromatic hydroxyl groups is 1. The molecule has 1 atom stereocenters. The first-order valence-electron chi connectivity index (χ1n) is 7.80. The maximum absolute atomic E-state index is 10.5. The highest BCUT2D eigenvalue weighted by atomic mass is 35.5. The van der Waals surface area contributed by atoms with Crippen LogP contribution in [0.15, 0.2) is 12.1 Å². The lowest BCUT2D eigenvalue weighted by Crippen LogP contribution is -2.46. The summed E-state index contributed by atoms with van der Waals surface area (Å²) < 4.78 is 0. The molecule has 132 valence electrons. The number of nitrogens with zero attached hydrogens (tertiary/aromatic N) is 1. The van der Waals surface area contributed by atoms with Gasteiger partial charge in [-0.2, -0.15) is 0 Å². The second kappa shape index (κ2) is 9.55. The van der Waals surface area contributed by atoms with Crippen LogP contribution in [0.5, 0.6) is 5.75 Å². The van der Waals surface area contributed by atoms with Crippen LogP contribution in [0, 0.1) is 5.92 Å². The molecule has 23 heavy (non-hydrogen) atoms. The average molecular weight is 402 g/mol. The van der Waals surface area contributed by atoms with Crippen LogP contribution in [0.2, 0.25) is 10.0 Å². The van der Waals surface area contributed by atoms with Crippen LogP contribution in [0.25, 0.3) is 0 Å². The van der Waals surface area contributed by atoms with Crippen LogP contribution in [0.3, 0.4) is 0 Å². The van der Waals surface area contributed by atoms with Crippen molar-refractivity contribution in [2.45, 2.75) is 31.7 Å². The predicted octanol–water partition coefficient (Wildman–Crippen LogP) is 4.68. The highest BCUT2D eigenvalue weighted by Crippen LogP contribution is 2.45. The first-order valence-corrected chi connectivity index (χ1v) is 8.55. The first-order chi connectivity index (χ1) is 10.2. The fourth-order valence-electron chi connectivity index (χ4n) is 3.78. The van der Waals surface area contributed by atoms with Crippen molar-refractivity contribution >= 4 is 48.0 Å². The third kappa shape index (κ3) is 4.59. The van der Waals surface area contributed by atoms with E-state index in [1.807, 2.05) is 12.1 Å². The molecule has 0 bridgehead atoms. The highest BCUT2D eigenvalue weighted by Gasteiger charge is 2.34. The minimum absolute atomic E-state index is 0. The van der Waals surface area contributed by atoms with E-state index in [0.29, 0.717) is 10.9 Å². The van der Waals surface area contributed by atoms with Crippen molar-refractivity contribution in [2.24, 2.45) is 5.92 Å². The summed E-state index contributed by atoms with van der Waals surface area (Å²) in [7, 11) is 0. The SMILES string of the molecule is Cl.Cl.Oc1c([C@H](C2CCCC2)N2CCNCC2)ccc(Cl)c1Cl. The molecule has 1 aliphatic carbocycles. The minimum atomic E-state index is 0. The molecule has 1 saturated heterocycles. The normalized spacial score (nSPS) is 20.6. The molecule has 0 radical (unpaired) electrons. The molecular formula is C16H24Cl4N2O. The number of hydrogen-bond acceptors (Lipinski definition) is 3. The van der Waals surface area contributed by atoms with Crippen LogP contribution >= 0.6 is 48.0 Å². The van der Waals surface area contributed by atoms with Gasteiger partial charge in [-0.05, 0) is 24.8 Å². The Kier molecular flexibility index (Phi) is 8.78. The summed E-state index contributed by atoms with van der Waals surface area (Å²) in [5.74, 6) is 0.769. The lowest BCUT2D eigenvalue weighted by Gasteiger charge is -2.39. The molecule has 7 heteroatoms. The van der Waals surface area contributed by atoms with Gasteiger partial charge < -0.3 is 10.4 Å². The Hall–Kier alpha value is 0.1000. The number of hydrogen-bond donors (Lipinski definition) is 2. The van der Waals surface area contributed by atoms with Crippen molar-refractivity contribution in [3.8, 4) is 5.75 Å². The Morgan fingerprint density at radius 2 is 1.70 bits per heavy atom. The van der Waals surface area contributed by atoms with E-state index in [2.05, 4.69) is 10.2 Å². The Balaban J connectivity index is 0.00000132. The van der Waals surface area contributed by atoms with Crippen molar-refractivity contribution in [3.63, 3.8) is 0 Å². The van der Waals surface area contributed by atoms with Crippen molar-refractivity contribution in [2.75, 3.05) is 26.2 Å². The molecule has 3 nitrogen and oxygen atoms in total. The number of phenols is 1. The van der Waals surface area contributed by atoms with Gasteiger partial charge in [0.25, 0.3) is 0 Å². The number of benzene rings is 1. The van der Waals surface area contributed by atoms with Crippen LogP contribution in [-0.2, 0) is 0 Å². The van der Waals surface area contributed by atoms with Crippen molar-refractivity contribution in [1.82, 2.24) is 10.2 Å². The maximum atomic E-state index is 10.5. The smallest absolute Gasteiger partial charge is 0.140 e. The van der Waals surface area contributed by atoms with Gasteiger partial charge in [0.05, 0.1) is 5.02 Å². The van der Waals surface area contributed by atoms with E-state index in [-0.39, 0.29) is 41.6 Å². The van der Waals surface area contributed by atoms with E-state index in [4.69, 9.17) is 23.2 Å². The fraction of sp³-hybridized carbons (Fsp3) is 0.625. The molecule has 2 aliphatic rings. The number of phenolic OH excluding ortho intramolecular Hbond substituents is 1. The van der Waals surface area contributed by atoms with Crippen LogP contribution in [0.4, 0.5) is 0 Å². The summed E-state index contributed by atoms with van der Waals surface area (Å²) in [6.45, 7) is 4.04. The lowest BCUT2D eigenvalue weighted by atomic mass is 9.89. The Bertz CT molecular complexity index is 503. The largest absolute Gasteiger partial charge is 0.506 e. The van der Waals surface area contributed by atoms with Gasteiger partial charge in [-0.25, -0.2) is 0 Å². The Labute approximate surface area is 160 Å². The fourth-order valence-corrected chi connectivity index (χ4v) is 4.10. The lowest BCUT2D eigenvalue weighted by molar-refractivity contribution is 0.123. The van der Waals surface area contributed by atoms with Crippen molar-refractivity contribution in [3.05, 3.63) is 27.7 Å². The van der Waals surface area contributed by atoms with Gasteiger partial charge in [0, 0.05) is 37.8 Å². The molecule has 0 aromatic heterocycles. The summed E-state index contributed by atoms with van der Waals surface area (Å²) in [4.78, 5) is 2.49. The zero-order valence-electron chi connectivity index (χ0n) is 12.9. The Morgan fingerprint density at radius 1 is 1.09 bits per heavy atom. The highest BCUT2D eigenvalue weighted by molar-refractivity contribution is 6.43.